The fourth-order valence-electron chi connectivity index (χ4n) is 1.94. The third-order valence-corrected chi connectivity index (χ3v) is 3.08. The molecule has 0 unspecified atom stereocenters. The van der Waals surface area contributed by atoms with Crippen LogP contribution in [0.1, 0.15) is 5.56 Å². The van der Waals surface area contributed by atoms with Crippen LogP contribution in [0.15, 0.2) is 30.3 Å². The molecule has 0 amide bonds. The van der Waals surface area contributed by atoms with Crippen molar-refractivity contribution in [2.45, 2.75) is 37.3 Å². The number of hydrogen-bond acceptors (Lipinski definition) is 6. The standard InChI is InChI=1S/C13H18O6/c14-10-9(19-13(17)12(16)11(10)15)7-18-6-8-4-2-1-3-5-8/h1-5,9-17H,6-7H2/t9-,10+,11+,12-,13+/m1/s1. The number of rotatable bonds is 4. The molecule has 1 aromatic rings. The molecule has 0 spiro atoms. The first-order valence-corrected chi connectivity index (χ1v) is 6.09. The maximum absolute atomic E-state index is 9.70. The van der Waals surface area contributed by atoms with E-state index in [0.717, 1.165) is 5.56 Å². The topological polar surface area (TPSA) is 99.4 Å². The summed E-state index contributed by atoms with van der Waals surface area (Å²) in [6.07, 6.45) is -6.66. The van der Waals surface area contributed by atoms with E-state index in [4.69, 9.17) is 9.47 Å². The SMILES string of the molecule is O[C@@H]1[C@@H](O)[C@@H](O)O[C@H](COCc2ccccc2)[C@@H]1O. The highest BCUT2D eigenvalue weighted by molar-refractivity contribution is 5.13. The van der Waals surface area contributed by atoms with Gasteiger partial charge in [0.1, 0.15) is 24.4 Å². The molecule has 6 nitrogen and oxygen atoms in total. The van der Waals surface area contributed by atoms with Crippen LogP contribution in [0.3, 0.4) is 0 Å². The molecule has 1 saturated heterocycles. The lowest BCUT2D eigenvalue weighted by atomic mass is 9.99. The Labute approximate surface area is 110 Å². The van der Waals surface area contributed by atoms with Crippen LogP contribution >= 0.6 is 0 Å². The Morgan fingerprint density at radius 2 is 1.63 bits per heavy atom. The van der Waals surface area contributed by atoms with Crippen molar-refractivity contribution in [1.29, 1.82) is 0 Å². The van der Waals surface area contributed by atoms with Crippen molar-refractivity contribution >= 4 is 0 Å². The Morgan fingerprint density at radius 1 is 0.947 bits per heavy atom. The summed E-state index contributed by atoms with van der Waals surface area (Å²) in [6, 6.07) is 9.45. The van der Waals surface area contributed by atoms with Gasteiger partial charge in [-0.1, -0.05) is 30.3 Å². The van der Waals surface area contributed by atoms with Gasteiger partial charge in [-0.05, 0) is 5.56 Å². The quantitative estimate of drug-likeness (QED) is 0.560. The van der Waals surface area contributed by atoms with Crippen molar-refractivity contribution in [3.8, 4) is 0 Å². The maximum Gasteiger partial charge on any atom is 0.184 e. The lowest BCUT2D eigenvalue weighted by Gasteiger charge is -2.38. The van der Waals surface area contributed by atoms with Crippen LogP contribution in [-0.2, 0) is 16.1 Å². The van der Waals surface area contributed by atoms with E-state index in [1.807, 2.05) is 30.3 Å². The molecule has 1 aliphatic heterocycles. The van der Waals surface area contributed by atoms with Gasteiger partial charge in [0.25, 0.3) is 0 Å². The molecule has 1 aliphatic rings. The summed E-state index contributed by atoms with van der Waals surface area (Å²) in [5, 5.41) is 37.9. The van der Waals surface area contributed by atoms with Gasteiger partial charge in [0.2, 0.25) is 0 Å². The Balaban J connectivity index is 1.82. The molecule has 19 heavy (non-hydrogen) atoms. The van der Waals surface area contributed by atoms with Crippen LogP contribution in [0.5, 0.6) is 0 Å². The van der Waals surface area contributed by atoms with E-state index < -0.39 is 30.7 Å². The smallest absolute Gasteiger partial charge is 0.184 e. The molecular weight excluding hydrogens is 252 g/mol. The molecule has 1 fully saturated rings. The molecule has 0 radical (unpaired) electrons. The highest BCUT2D eigenvalue weighted by Crippen LogP contribution is 2.20. The molecule has 0 aliphatic carbocycles. The predicted molar refractivity (Wildman–Crippen MR) is 65.0 cm³/mol. The van der Waals surface area contributed by atoms with Gasteiger partial charge >= 0.3 is 0 Å². The van der Waals surface area contributed by atoms with Crippen molar-refractivity contribution in [3.05, 3.63) is 35.9 Å². The number of aliphatic hydroxyl groups excluding tert-OH is 4. The third kappa shape index (κ3) is 3.50. The number of aliphatic hydroxyl groups is 4. The average molecular weight is 270 g/mol. The summed E-state index contributed by atoms with van der Waals surface area (Å²) >= 11 is 0. The zero-order valence-corrected chi connectivity index (χ0v) is 10.3. The fraction of sp³-hybridized carbons (Fsp3) is 0.538. The maximum atomic E-state index is 9.70. The monoisotopic (exact) mass is 270 g/mol. The molecular formula is C13H18O6. The molecule has 0 bridgehead atoms. The second-order valence-corrected chi connectivity index (χ2v) is 4.54. The van der Waals surface area contributed by atoms with Gasteiger partial charge in [-0.2, -0.15) is 0 Å². The number of ether oxygens (including phenoxy) is 2. The Bertz CT molecular complexity index is 384. The van der Waals surface area contributed by atoms with E-state index >= 15 is 0 Å². The van der Waals surface area contributed by atoms with Crippen LogP contribution in [0.4, 0.5) is 0 Å². The first-order chi connectivity index (χ1) is 9.09. The van der Waals surface area contributed by atoms with Gasteiger partial charge in [0.15, 0.2) is 6.29 Å². The van der Waals surface area contributed by atoms with Gasteiger partial charge in [-0.3, -0.25) is 0 Å². The minimum absolute atomic E-state index is 0.0108. The van der Waals surface area contributed by atoms with Crippen LogP contribution < -0.4 is 0 Å². The first kappa shape index (κ1) is 14.4. The van der Waals surface area contributed by atoms with Gasteiger partial charge in [-0.15, -0.1) is 0 Å². The second-order valence-electron chi connectivity index (χ2n) is 4.54. The van der Waals surface area contributed by atoms with Crippen LogP contribution in [0.25, 0.3) is 0 Å². The molecule has 0 aromatic heterocycles. The van der Waals surface area contributed by atoms with Gasteiger partial charge < -0.3 is 29.9 Å². The van der Waals surface area contributed by atoms with E-state index in [1.54, 1.807) is 0 Å². The summed E-state index contributed by atoms with van der Waals surface area (Å²) < 4.78 is 10.4. The second kappa shape index (κ2) is 6.42. The molecule has 1 aromatic carbocycles. The van der Waals surface area contributed by atoms with Crippen LogP contribution in [0.2, 0.25) is 0 Å². The minimum Gasteiger partial charge on any atom is -0.387 e. The van der Waals surface area contributed by atoms with Crippen molar-refractivity contribution in [1.82, 2.24) is 0 Å². The van der Waals surface area contributed by atoms with E-state index in [-0.39, 0.29) is 6.61 Å². The first-order valence-electron chi connectivity index (χ1n) is 6.09. The molecule has 1 heterocycles. The Hall–Kier alpha value is -1.02. The molecule has 0 saturated carbocycles. The largest absolute Gasteiger partial charge is 0.387 e. The van der Waals surface area contributed by atoms with Gasteiger partial charge in [0, 0.05) is 0 Å². The summed E-state index contributed by atoms with van der Waals surface area (Å²) in [5.41, 5.74) is 0.967. The number of hydrogen-bond donors (Lipinski definition) is 4. The van der Waals surface area contributed by atoms with Crippen LogP contribution in [-0.4, -0.2) is 57.7 Å². The third-order valence-electron chi connectivity index (χ3n) is 3.08. The summed E-state index contributed by atoms with van der Waals surface area (Å²) in [5.74, 6) is 0. The van der Waals surface area contributed by atoms with Gasteiger partial charge in [0.05, 0.1) is 13.2 Å². The summed E-state index contributed by atoms with van der Waals surface area (Å²) in [4.78, 5) is 0. The average Bonchev–Trinajstić information content (AvgIpc) is 2.43. The zero-order valence-electron chi connectivity index (χ0n) is 10.3. The van der Waals surface area contributed by atoms with Crippen molar-refractivity contribution in [2.75, 3.05) is 6.61 Å². The molecule has 5 atom stereocenters. The normalized spacial score (nSPS) is 35.3. The molecule has 106 valence electrons. The molecule has 2 rings (SSSR count). The number of benzene rings is 1. The summed E-state index contributed by atoms with van der Waals surface area (Å²) in [6.45, 7) is 0.346. The van der Waals surface area contributed by atoms with Crippen LogP contribution in [0, 0.1) is 0 Å². The van der Waals surface area contributed by atoms with E-state index in [9.17, 15) is 20.4 Å². The highest BCUT2D eigenvalue weighted by atomic mass is 16.6. The predicted octanol–water partition coefficient (Wildman–Crippen LogP) is -0.997. The Kier molecular flexibility index (Phi) is 4.87. The van der Waals surface area contributed by atoms with Gasteiger partial charge in [-0.25, -0.2) is 0 Å². The van der Waals surface area contributed by atoms with E-state index in [0.29, 0.717) is 6.61 Å². The Morgan fingerprint density at radius 3 is 2.32 bits per heavy atom. The fourth-order valence-corrected chi connectivity index (χ4v) is 1.94. The molecule has 4 N–H and O–H groups in total. The van der Waals surface area contributed by atoms with E-state index in [2.05, 4.69) is 0 Å². The minimum atomic E-state index is -1.52. The van der Waals surface area contributed by atoms with Crippen molar-refractivity contribution < 1.29 is 29.9 Å². The zero-order chi connectivity index (χ0) is 13.8. The summed E-state index contributed by atoms with van der Waals surface area (Å²) in [7, 11) is 0. The lowest BCUT2D eigenvalue weighted by Crippen LogP contribution is -2.58. The molecule has 6 heteroatoms. The highest BCUT2D eigenvalue weighted by Gasteiger charge is 2.42. The van der Waals surface area contributed by atoms with E-state index in [1.165, 1.54) is 0 Å². The van der Waals surface area contributed by atoms with Crippen molar-refractivity contribution in [2.24, 2.45) is 0 Å². The van der Waals surface area contributed by atoms with Crippen molar-refractivity contribution in [3.63, 3.8) is 0 Å². The lowest BCUT2D eigenvalue weighted by molar-refractivity contribution is -0.289.